The van der Waals surface area contributed by atoms with E-state index in [0.717, 1.165) is 32.1 Å². The van der Waals surface area contributed by atoms with Crippen molar-refractivity contribution in [3.8, 4) is 0 Å². The van der Waals surface area contributed by atoms with Gasteiger partial charge in [-0.2, -0.15) is 0 Å². The molecule has 1 fully saturated rings. The zero-order valence-electron chi connectivity index (χ0n) is 13.1. The van der Waals surface area contributed by atoms with Crippen LogP contribution in [0.15, 0.2) is 34.2 Å². The van der Waals surface area contributed by atoms with Crippen molar-refractivity contribution in [3.05, 3.63) is 45.1 Å². The van der Waals surface area contributed by atoms with E-state index in [-0.39, 0.29) is 11.9 Å². The maximum Gasteiger partial charge on any atom is 0.220 e. The number of hydrogen-bond acceptors (Lipinski definition) is 4. The SMILES string of the molecule is C[C@@H](NC(=O)C[C@@H]1C[C@@H]1c1nc2ccccc2[nH]1)c1ncc(Br)s1. The molecule has 1 aliphatic carbocycles. The smallest absolute Gasteiger partial charge is 0.220 e. The molecule has 0 saturated heterocycles. The van der Waals surface area contributed by atoms with E-state index in [2.05, 4.69) is 36.2 Å². The molecule has 1 aromatic carbocycles. The first-order chi connectivity index (χ1) is 11.6. The fraction of sp³-hybridized carbons (Fsp3) is 0.353. The second-order valence-electron chi connectivity index (χ2n) is 6.24. The van der Waals surface area contributed by atoms with E-state index in [1.807, 2.05) is 31.2 Å². The van der Waals surface area contributed by atoms with E-state index in [0.29, 0.717) is 18.3 Å². The lowest BCUT2D eigenvalue weighted by Gasteiger charge is -2.10. The number of halogens is 1. The van der Waals surface area contributed by atoms with Gasteiger partial charge >= 0.3 is 0 Å². The minimum absolute atomic E-state index is 0.0581. The number of fused-ring (bicyclic) bond motifs is 1. The number of benzene rings is 1. The fourth-order valence-corrected chi connectivity index (χ4v) is 4.27. The predicted octanol–water partition coefficient (Wildman–Crippen LogP) is 4.15. The van der Waals surface area contributed by atoms with Gasteiger partial charge in [0.15, 0.2) is 0 Å². The Hall–Kier alpha value is -1.73. The third kappa shape index (κ3) is 3.23. The molecule has 2 N–H and O–H groups in total. The molecule has 0 aliphatic heterocycles. The van der Waals surface area contributed by atoms with E-state index in [1.165, 1.54) is 0 Å². The Morgan fingerprint density at radius 2 is 2.33 bits per heavy atom. The van der Waals surface area contributed by atoms with Crippen LogP contribution in [0, 0.1) is 5.92 Å². The predicted molar refractivity (Wildman–Crippen MR) is 97.9 cm³/mol. The van der Waals surface area contributed by atoms with Crippen molar-refractivity contribution < 1.29 is 4.79 Å². The molecule has 0 bridgehead atoms. The summed E-state index contributed by atoms with van der Waals surface area (Å²) in [6.45, 7) is 1.97. The van der Waals surface area contributed by atoms with E-state index in [1.54, 1.807) is 17.5 Å². The lowest BCUT2D eigenvalue weighted by molar-refractivity contribution is -0.122. The van der Waals surface area contributed by atoms with Gasteiger partial charge in [-0.05, 0) is 47.3 Å². The number of carbonyl (C=O) groups is 1. The number of imidazole rings is 1. The van der Waals surface area contributed by atoms with Crippen LogP contribution in [0.5, 0.6) is 0 Å². The molecule has 7 heteroatoms. The molecular formula is C17H17BrN4OS. The molecule has 2 heterocycles. The molecule has 3 aromatic rings. The molecule has 1 amide bonds. The maximum absolute atomic E-state index is 12.3. The van der Waals surface area contributed by atoms with Gasteiger partial charge in [0.05, 0.1) is 27.1 Å². The van der Waals surface area contributed by atoms with Gasteiger partial charge in [0, 0.05) is 12.3 Å². The summed E-state index contributed by atoms with van der Waals surface area (Å²) >= 11 is 4.95. The molecule has 124 valence electrons. The normalized spacial score (nSPS) is 20.9. The van der Waals surface area contributed by atoms with Crippen molar-refractivity contribution in [1.82, 2.24) is 20.3 Å². The van der Waals surface area contributed by atoms with Gasteiger partial charge in [-0.3, -0.25) is 4.79 Å². The third-order valence-electron chi connectivity index (χ3n) is 4.37. The first-order valence-electron chi connectivity index (χ1n) is 7.95. The number of hydrogen-bond donors (Lipinski definition) is 2. The van der Waals surface area contributed by atoms with Gasteiger partial charge in [0.25, 0.3) is 0 Å². The fourth-order valence-electron chi connectivity index (χ4n) is 3.02. The number of amides is 1. The average Bonchev–Trinajstić information content (AvgIpc) is 2.97. The first-order valence-corrected chi connectivity index (χ1v) is 9.56. The zero-order chi connectivity index (χ0) is 16.7. The van der Waals surface area contributed by atoms with Crippen LogP contribution in [0.4, 0.5) is 0 Å². The summed E-state index contributed by atoms with van der Waals surface area (Å²) in [4.78, 5) is 24.6. The molecular weight excluding hydrogens is 388 g/mol. The lowest BCUT2D eigenvalue weighted by atomic mass is 10.2. The van der Waals surface area contributed by atoms with Gasteiger partial charge in [0.2, 0.25) is 5.91 Å². The second kappa shape index (κ2) is 6.29. The van der Waals surface area contributed by atoms with Crippen molar-refractivity contribution in [2.75, 3.05) is 0 Å². The Morgan fingerprint density at radius 1 is 1.50 bits per heavy atom. The van der Waals surface area contributed by atoms with Gasteiger partial charge in [-0.15, -0.1) is 11.3 Å². The van der Waals surface area contributed by atoms with Crippen LogP contribution in [-0.2, 0) is 4.79 Å². The number of carbonyl (C=O) groups excluding carboxylic acids is 1. The van der Waals surface area contributed by atoms with Crippen molar-refractivity contribution >= 4 is 44.2 Å². The summed E-state index contributed by atoms with van der Waals surface area (Å²) in [5.74, 6) is 1.83. The van der Waals surface area contributed by atoms with Crippen molar-refractivity contribution in [3.63, 3.8) is 0 Å². The molecule has 4 rings (SSSR count). The average molecular weight is 405 g/mol. The van der Waals surface area contributed by atoms with Gasteiger partial charge in [0.1, 0.15) is 10.8 Å². The highest BCUT2D eigenvalue weighted by molar-refractivity contribution is 9.11. The van der Waals surface area contributed by atoms with Crippen LogP contribution in [-0.4, -0.2) is 20.9 Å². The number of H-pyrrole nitrogens is 1. The molecule has 0 unspecified atom stereocenters. The molecule has 0 radical (unpaired) electrons. The third-order valence-corrected chi connectivity index (χ3v) is 6.03. The Labute approximate surface area is 152 Å². The van der Waals surface area contributed by atoms with E-state index >= 15 is 0 Å². The summed E-state index contributed by atoms with van der Waals surface area (Å²) in [5, 5.41) is 3.95. The van der Waals surface area contributed by atoms with Gasteiger partial charge in [-0.1, -0.05) is 12.1 Å². The summed E-state index contributed by atoms with van der Waals surface area (Å²) < 4.78 is 0.978. The van der Waals surface area contributed by atoms with Crippen molar-refractivity contribution in [2.24, 2.45) is 5.92 Å². The number of para-hydroxylation sites is 2. The van der Waals surface area contributed by atoms with Crippen molar-refractivity contribution in [2.45, 2.75) is 31.7 Å². The minimum Gasteiger partial charge on any atom is -0.347 e. The number of aromatic amines is 1. The highest BCUT2D eigenvalue weighted by Crippen LogP contribution is 2.48. The van der Waals surface area contributed by atoms with Crippen molar-refractivity contribution in [1.29, 1.82) is 0 Å². The Balaban J connectivity index is 1.34. The highest BCUT2D eigenvalue weighted by atomic mass is 79.9. The number of aromatic nitrogens is 3. The molecule has 24 heavy (non-hydrogen) atoms. The van der Waals surface area contributed by atoms with Gasteiger partial charge in [-0.25, -0.2) is 9.97 Å². The van der Waals surface area contributed by atoms with Gasteiger partial charge < -0.3 is 10.3 Å². The Morgan fingerprint density at radius 3 is 3.08 bits per heavy atom. The van der Waals surface area contributed by atoms with Crippen LogP contribution in [0.3, 0.4) is 0 Å². The Kier molecular flexibility index (Phi) is 4.14. The Bertz CT molecular complexity index is 856. The van der Waals surface area contributed by atoms with Crippen LogP contribution in [0.2, 0.25) is 0 Å². The first kappa shape index (κ1) is 15.8. The standard InChI is InChI=1S/C17H17BrN4OS/c1-9(17-19-8-14(18)24-17)20-15(23)7-10-6-11(10)16-21-12-4-2-3-5-13(12)22-16/h2-5,8-11H,6-7H2,1H3,(H,20,23)(H,21,22)/t9-,10+,11+/m1/s1. The summed E-state index contributed by atoms with van der Waals surface area (Å²) in [6.07, 6.45) is 3.32. The maximum atomic E-state index is 12.3. The molecule has 3 atom stereocenters. The summed E-state index contributed by atoms with van der Waals surface area (Å²) in [5.41, 5.74) is 2.05. The number of nitrogens with one attached hydrogen (secondary N) is 2. The largest absolute Gasteiger partial charge is 0.347 e. The quantitative estimate of drug-likeness (QED) is 0.670. The molecule has 0 spiro atoms. The zero-order valence-corrected chi connectivity index (χ0v) is 15.5. The van der Waals surface area contributed by atoms with Crippen LogP contribution in [0.1, 0.15) is 42.6 Å². The van der Waals surface area contributed by atoms with E-state index in [9.17, 15) is 4.79 Å². The van der Waals surface area contributed by atoms with Crippen LogP contribution in [0.25, 0.3) is 11.0 Å². The molecule has 1 saturated carbocycles. The minimum atomic E-state index is -0.0581. The molecule has 5 nitrogen and oxygen atoms in total. The second-order valence-corrected chi connectivity index (χ2v) is 8.68. The molecule has 1 aliphatic rings. The van der Waals surface area contributed by atoms with Crippen LogP contribution < -0.4 is 5.32 Å². The number of thiazole rings is 1. The van der Waals surface area contributed by atoms with E-state index in [4.69, 9.17) is 0 Å². The highest BCUT2D eigenvalue weighted by Gasteiger charge is 2.41. The van der Waals surface area contributed by atoms with Crippen LogP contribution >= 0.6 is 27.3 Å². The number of nitrogens with zero attached hydrogens (tertiary/aromatic N) is 2. The number of rotatable bonds is 5. The van der Waals surface area contributed by atoms with E-state index < -0.39 is 0 Å². The summed E-state index contributed by atoms with van der Waals surface area (Å²) in [7, 11) is 0. The summed E-state index contributed by atoms with van der Waals surface area (Å²) in [6, 6.07) is 7.97. The molecule has 2 aromatic heterocycles. The lowest BCUT2D eigenvalue weighted by Crippen LogP contribution is -2.26. The topological polar surface area (TPSA) is 70.7 Å². The monoisotopic (exact) mass is 404 g/mol.